The molecule has 0 aliphatic carbocycles. The first-order valence-corrected chi connectivity index (χ1v) is 8.91. The molecule has 1 N–H and O–H groups in total. The molecule has 3 atom stereocenters. The molecular weight excluding hydrogens is 332 g/mol. The Morgan fingerprint density at radius 3 is 2.73 bits per heavy atom. The molecule has 2 aromatic rings. The van der Waals surface area contributed by atoms with Crippen LogP contribution in [0.4, 0.5) is 0 Å². The van der Waals surface area contributed by atoms with Crippen LogP contribution < -0.4 is 0 Å². The molecule has 0 unspecified atom stereocenters. The summed E-state index contributed by atoms with van der Waals surface area (Å²) in [6.45, 7) is 3.97. The monoisotopic (exact) mass is 356 g/mol. The Morgan fingerprint density at radius 1 is 1.35 bits per heavy atom. The van der Waals surface area contributed by atoms with Gasteiger partial charge in [-0.15, -0.1) is 0 Å². The topological polar surface area (TPSA) is 83.6 Å². The minimum atomic E-state index is -0.670. The zero-order valence-corrected chi connectivity index (χ0v) is 15.1. The summed E-state index contributed by atoms with van der Waals surface area (Å²) in [6.07, 6.45) is 0.0102. The van der Waals surface area contributed by atoms with Gasteiger partial charge >= 0.3 is 0 Å². The molecule has 0 radical (unpaired) electrons. The molecule has 138 valence electrons. The Kier molecular flexibility index (Phi) is 5.52. The highest BCUT2D eigenvalue weighted by atomic mass is 16.5. The Labute approximate surface area is 152 Å². The van der Waals surface area contributed by atoms with Gasteiger partial charge in [0, 0.05) is 25.5 Å². The summed E-state index contributed by atoms with van der Waals surface area (Å²) in [5.41, 5.74) is 1.80. The van der Waals surface area contributed by atoms with Crippen molar-refractivity contribution >= 4 is 11.7 Å². The van der Waals surface area contributed by atoms with E-state index in [4.69, 9.17) is 4.52 Å². The number of carbonyl (C=O) groups is 2. The zero-order chi connectivity index (χ0) is 18.7. The molecule has 26 heavy (non-hydrogen) atoms. The number of Topliss-reactive ketones (excluding diaryl/α,β-unsaturated/α-hetero) is 1. The summed E-state index contributed by atoms with van der Waals surface area (Å²) < 4.78 is 5.09. The number of rotatable bonds is 6. The molecule has 1 aromatic carbocycles. The number of benzene rings is 1. The Bertz CT molecular complexity index is 771. The van der Waals surface area contributed by atoms with Gasteiger partial charge in [0.2, 0.25) is 5.91 Å². The van der Waals surface area contributed by atoms with E-state index in [-0.39, 0.29) is 30.6 Å². The lowest BCUT2D eigenvalue weighted by atomic mass is 9.92. The maximum absolute atomic E-state index is 12.8. The van der Waals surface area contributed by atoms with Gasteiger partial charge in [-0.05, 0) is 18.4 Å². The number of β-amino-alcohol motifs (C(OH)–C–C–N with tert-alkyl or cyclic N) is 1. The van der Waals surface area contributed by atoms with E-state index in [1.165, 1.54) is 4.90 Å². The van der Waals surface area contributed by atoms with Gasteiger partial charge < -0.3 is 14.5 Å². The van der Waals surface area contributed by atoms with Crippen molar-refractivity contribution in [2.24, 2.45) is 0 Å². The first-order chi connectivity index (χ1) is 12.4. The van der Waals surface area contributed by atoms with Gasteiger partial charge in [-0.25, -0.2) is 0 Å². The van der Waals surface area contributed by atoms with Crippen molar-refractivity contribution in [3.8, 4) is 0 Å². The number of ketones is 1. The fourth-order valence-corrected chi connectivity index (χ4v) is 3.48. The number of carbonyl (C=O) groups excluding carboxylic acids is 2. The molecule has 2 heterocycles. The predicted octanol–water partition coefficient (Wildman–Crippen LogP) is 2.25. The van der Waals surface area contributed by atoms with Gasteiger partial charge in [0.05, 0.1) is 24.3 Å². The first-order valence-electron chi connectivity index (χ1n) is 8.91. The number of hydrogen-bond donors (Lipinski definition) is 1. The summed E-state index contributed by atoms with van der Waals surface area (Å²) in [4.78, 5) is 26.9. The van der Waals surface area contributed by atoms with E-state index in [1.807, 2.05) is 37.3 Å². The smallest absolute Gasteiger partial charge is 0.231 e. The van der Waals surface area contributed by atoms with Crippen LogP contribution in [0.5, 0.6) is 0 Å². The molecule has 6 nitrogen and oxygen atoms in total. The molecular formula is C20H24N2O4. The summed E-state index contributed by atoms with van der Waals surface area (Å²) in [5.74, 6) is 0.302. The van der Waals surface area contributed by atoms with Crippen LogP contribution >= 0.6 is 0 Å². The third-order valence-electron chi connectivity index (χ3n) is 4.85. The molecule has 0 saturated carbocycles. The van der Waals surface area contributed by atoms with Crippen molar-refractivity contribution in [3.05, 3.63) is 53.4 Å². The summed E-state index contributed by atoms with van der Waals surface area (Å²) in [7, 11) is 0. The number of amides is 1. The molecule has 3 rings (SSSR count). The second-order valence-corrected chi connectivity index (χ2v) is 7.04. The van der Waals surface area contributed by atoms with E-state index in [1.54, 1.807) is 13.0 Å². The van der Waals surface area contributed by atoms with E-state index in [9.17, 15) is 14.7 Å². The van der Waals surface area contributed by atoms with Crippen LogP contribution in [0.25, 0.3) is 0 Å². The van der Waals surface area contributed by atoms with Crippen molar-refractivity contribution in [2.45, 2.75) is 51.2 Å². The second kappa shape index (κ2) is 7.83. The van der Waals surface area contributed by atoms with Gasteiger partial charge in [0.1, 0.15) is 5.76 Å². The van der Waals surface area contributed by atoms with Gasteiger partial charge in [0.25, 0.3) is 0 Å². The fraction of sp³-hybridized carbons (Fsp3) is 0.450. The molecule has 0 bridgehead atoms. The Hall–Kier alpha value is -2.47. The van der Waals surface area contributed by atoms with Gasteiger partial charge in [-0.3, -0.25) is 9.59 Å². The lowest BCUT2D eigenvalue weighted by Gasteiger charge is -2.24. The summed E-state index contributed by atoms with van der Waals surface area (Å²) in [5, 5.41) is 13.8. The largest absolute Gasteiger partial charge is 0.391 e. The zero-order valence-electron chi connectivity index (χ0n) is 15.1. The van der Waals surface area contributed by atoms with E-state index in [0.29, 0.717) is 24.3 Å². The maximum Gasteiger partial charge on any atom is 0.231 e. The lowest BCUT2D eigenvalue weighted by molar-refractivity contribution is -0.137. The van der Waals surface area contributed by atoms with E-state index in [2.05, 4.69) is 5.16 Å². The van der Waals surface area contributed by atoms with Crippen LogP contribution in [0.1, 0.15) is 42.7 Å². The summed E-state index contributed by atoms with van der Waals surface area (Å²) >= 11 is 0. The van der Waals surface area contributed by atoms with E-state index in [0.717, 1.165) is 5.56 Å². The molecule has 0 spiro atoms. The molecule has 1 aromatic heterocycles. The average molecular weight is 356 g/mol. The number of aryl methyl sites for hydroxylation is 1. The molecule has 1 aliphatic heterocycles. The number of aliphatic hydroxyl groups excluding tert-OH is 1. The van der Waals surface area contributed by atoms with Crippen LogP contribution in [0.2, 0.25) is 0 Å². The highest BCUT2D eigenvalue weighted by molar-refractivity contribution is 5.90. The van der Waals surface area contributed by atoms with E-state index < -0.39 is 12.1 Å². The van der Waals surface area contributed by atoms with Gasteiger partial charge in [-0.1, -0.05) is 42.4 Å². The van der Waals surface area contributed by atoms with Crippen molar-refractivity contribution < 1.29 is 19.2 Å². The quantitative estimate of drug-likeness (QED) is 0.858. The van der Waals surface area contributed by atoms with Crippen LogP contribution in [0.15, 0.2) is 40.9 Å². The average Bonchev–Trinajstić information content (AvgIpc) is 3.21. The van der Waals surface area contributed by atoms with Crippen LogP contribution in [-0.4, -0.2) is 45.5 Å². The second-order valence-electron chi connectivity index (χ2n) is 7.04. The minimum absolute atomic E-state index is 0.0139. The van der Waals surface area contributed by atoms with Gasteiger partial charge in [0.15, 0.2) is 5.78 Å². The van der Waals surface area contributed by atoms with Crippen LogP contribution in [-0.2, 0) is 16.0 Å². The fourth-order valence-electron chi connectivity index (χ4n) is 3.48. The Morgan fingerprint density at radius 2 is 2.08 bits per heavy atom. The van der Waals surface area contributed by atoms with Crippen molar-refractivity contribution in [3.63, 3.8) is 0 Å². The standard InChI is InChI=1S/C20H24N2O4/c1-13(15-6-4-3-5-7-15)8-19(24)18-10-16(23)12-22(18)20(25)11-17-9-14(2)21-26-17/h3-7,9,13,16,18,23H,8,10-12H2,1-2H3/t13-,16+,18-/m0/s1. The number of aromatic nitrogens is 1. The lowest BCUT2D eigenvalue weighted by Crippen LogP contribution is -2.41. The Balaban J connectivity index is 1.66. The summed E-state index contributed by atoms with van der Waals surface area (Å²) in [6, 6.07) is 11.0. The first kappa shape index (κ1) is 18.3. The minimum Gasteiger partial charge on any atom is -0.391 e. The SMILES string of the molecule is Cc1cc(CC(=O)N2C[C@H](O)C[C@H]2C(=O)C[C@H](C)c2ccccc2)on1. The highest BCUT2D eigenvalue weighted by Crippen LogP contribution is 2.26. The van der Waals surface area contributed by atoms with E-state index >= 15 is 0 Å². The van der Waals surface area contributed by atoms with Crippen LogP contribution in [0, 0.1) is 6.92 Å². The van der Waals surface area contributed by atoms with Crippen LogP contribution in [0.3, 0.4) is 0 Å². The third kappa shape index (κ3) is 4.19. The molecule has 1 amide bonds. The number of likely N-dealkylation sites (tertiary alicyclic amines) is 1. The van der Waals surface area contributed by atoms with Crippen molar-refractivity contribution in [1.82, 2.24) is 10.1 Å². The third-order valence-corrected chi connectivity index (χ3v) is 4.85. The molecule has 1 saturated heterocycles. The molecule has 1 aliphatic rings. The predicted molar refractivity (Wildman–Crippen MR) is 95.5 cm³/mol. The molecule has 6 heteroatoms. The van der Waals surface area contributed by atoms with Gasteiger partial charge in [-0.2, -0.15) is 0 Å². The number of aliphatic hydroxyl groups is 1. The molecule has 1 fully saturated rings. The number of hydrogen-bond acceptors (Lipinski definition) is 5. The maximum atomic E-state index is 12.8. The number of nitrogens with zero attached hydrogens (tertiary/aromatic N) is 2. The van der Waals surface area contributed by atoms with Crippen molar-refractivity contribution in [1.29, 1.82) is 0 Å². The highest BCUT2D eigenvalue weighted by Gasteiger charge is 2.39. The van der Waals surface area contributed by atoms with Crippen molar-refractivity contribution in [2.75, 3.05) is 6.54 Å². The normalized spacial score (nSPS) is 21.0.